The van der Waals surface area contributed by atoms with Crippen molar-refractivity contribution in [2.75, 3.05) is 7.05 Å². The Labute approximate surface area is 130 Å². The highest BCUT2D eigenvalue weighted by Crippen LogP contribution is 2.34. The van der Waals surface area contributed by atoms with Gasteiger partial charge in [0.1, 0.15) is 11.6 Å². The molecule has 1 N–H and O–H groups in total. The van der Waals surface area contributed by atoms with E-state index in [2.05, 4.69) is 21.2 Å². The molecule has 1 nitrogen and oxygen atoms in total. The second kappa shape index (κ2) is 6.20. The molecule has 1 atom stereocenters. The fraction of sp³-hybridized carbons (Fsp3) is 0.200. The summed E-state index contributed by atoms with van der Waals surface area (Å²) in [4.78, 5) is 0. The van der Waals surface area contributed by atoms with E-state index >= 15 is 0 Å². The Kier molecular flexibility index (Phi) is 4.78. The Morgan fingerprint density at radius 3 is 2.50 bits per heavy atom. The smallest absolute Gasteiger partial charge is 0.127 e. The quantitative estimate of drug-likeness (QED) is 0.812. The summed E-state index contributed by atoms with van der Waals surface area (Å²) in [6.07, 6.45) is 0. The van der Waals surface area contributed by atoms with Crippen molar-refractivity contribution in [3.63, 3.8) is 0 Å². The zero-order valence-electron chi connectivity index (χ0n) is 11.0. The van der Waals surface area contributed by atoms with Crippen molar-refractivity contribution in [1.29, 1.82) is 0 Å². The van der Waals surface area contributed by atoms with Crippen molar-refractivity contribution >= 4 is 27.5 Å². The lowest BCUT2D eigenvalue weighted by Gasteiger charge is -2.20. The molecule has 0 bridgehead atoms. The third kappa shape index (κ3) is 3.03. The van der Waals surface area contributed by atoms with Gasteiger partial charge in [0.25, 0.3) is 0 Å². The fourth-order valence-electron chi connectivity index (χ4n) is 2.12. The Balaban J connectivity index is 2.58. The van der Waals surface area contributed by atoms with Crippen molar-refractivity contribution in [2.24, 2.45) is 0 Å². The van der Waals surface area contributed by atoms with Crippen LogP contribution in [-0.4, -0.2) is 7.05 Å². The van der Waals surface area contributed by atoms with Gasteiger partial charge in [0.05, 0.1) is 6.04 Å². The van der Waals surface area contributed by atoms with Crippen LogP contribution in [0.1, 0.15) is 22.7 Å². The number of nitrogens with one attached hydrogen (secondary N) is 1. The van der Waals surface area contributed by atoms with Crippen LogP contribution < -0.4 is 5.32 Å². The summed E-state index contributed by atoms with van der Waals surface area (Å²) >= 11 is 9.53. The standard InChI is InChI=1S/C15H13BrClF2N/c1-8-5-11(13(17)7-14(8)19)15(20-2)10-6-9(18)3-4-12(10)16/h3-7,15,20H,1-2H3. The molecule has 0 saturated carbocycles. The van der Waals surface area contributed by atoms with Gasteiger partial charge in [-0.2, -0.15) is 0 Å². The lowest BCUT2D eigenvalue weighted by atomic mass is 9.97. The van der Waals surface area contributed by atoms with Gasteiger partial charge in [-0.15, -0.1) is 0 Å². The molecule has 2 rings (SSSR count). The molecule has 2 aromatic carbocycles. The first-order valence-electron chi connectivity index (χ1n) is 6.01. The molecule has 0 aliphatic carbocycles. The molecule has 0 radical (unpaired) electrons. The van der Waals surface area contributed by atoms with Crippen molar-refractivity contribution in [3.8, 4) is 0 Å². The Morgan fingerprint density at radius 2 is 1.85 bits per heavy atom. The minimum atomic E-state index is -0.355. The average molecular weight is 361 g/mol. The van der Waals surface area contributed by atoms with Crippen LogP contribution in [0.25, 0.3) is 0 Å². The third-order valence-electron chi connectivity index (χ3n) is 3.15. The van der Waals surface area contributed by atoms with E-state index in [4.69, 9.17) is 11.6 Å². The predicted molar refractivity (Wildman–Crippen MR) is 81.1 cm³/mol. The van der Waals surface area contributed by atoms with Gasteiger partial charge >= 0.3 is 0 Å². The summed E-state index contributed by atoms with van der Waals surface area (Å²) in [5.41, 5.74) is 1.91. The van der Waals surface area contributed by atoms with Crippen LogP contribution >= 0.6 is 27.5 Å². The van der Waals surface area contributed by atoms with Crippen molar-refractivity contribution in [1.82, 2.24) is 5.32 Å². The molecule has 0 spiro atoms. The predicted octanol–water partition coefficient (Wildman–Crippen LogP) is 5.00. The highest BCUT2D eigenvalue weighted by atomic mass is 79.9. The van der Waals surface area contributed by atoms with Gasteiger partial charge in [-0.1, -0.05) is 27.5 Å². The van der Waals surface area contributed by atoms with E-state index in [9.17, 15) is 8.78 Å². The minimum Gasteiger partial charge on any atom is -0.309 e. The Morgan fingerprint density at radius 1 is 1.15 bits per heavy atom. The SMILES string of the molecule is CNC(c1cc(C)c(F)cc1Cl)c1cc(F)ccc1Br. The molecular formula is C15H13BrClF2N. The normalized spacial score (nSPS) is 12.5. The summed E-state index contributed by atoms with van der Waals surface area (Å²) in [5.74, 6) is -0.690. The van der Waals surface area contributed by atoms with Crippen LogP contribution in [0, 0.1) is 18.6 Å². The van der Waals surface area contributed by atoms with Crippen molar-refractivity contribution in [2.45, 2.75) is 13.0 Å². The third-order valence-corrected chi connectivity index (χ3v) is 4.20. The van der Waals surface area contributed by atoms with Crippen LogP contribution in [0.4, 0.5) is 8.78 Å². The van der Waals surface area contributed by atoms with Gasteiger partial charge in [0.2, 0.25) is 0 Å². The van der Waals surface area contributed by atoms with Gasteiger partial charge in [-0.05, 0) is 61.0 Å². The molecule has 20 heavy (non-hydrogen) atoms. The zero-order chi connectivity index (χ0) is 14.9. The lowest BCUT2D eigenvalue weighted by molar-refractivity contribution is 0.608. The molecule has 0 aromatic heterocycles. The summed E-state index contributed by atoms with van der Waals surface area (Å²) in [5, 5.41) is 3.40. The number of aryl methyl sites for hydroxylation is 1. The van der Waals surface area contributed by atoms with E-state index in [-0.39, 0.29) is 17.7 Å². The van der Waals surface area contributed by atoms with Crippen LogP contribution in [0.5, 0.6) is 0 Å². The molecule has 0 amide bonds. The maximum absolute atomic E-state index is 13.5. The maximum atomic E-state index is 13.5. The summed E-state index contributed by atoms with van der Waals surface area (Å²) in [7, 11) is 1.75. The Hall–Kier alpha value is -0.970. The van der Waals surface area contributed by atoms with Gasteiger partial charge in [0, 0.05) is 9.50 Å². The summed E-state index contributed by atoms with van der Waals surface area (Å²) in [6.45, 7) is 1.67. The van der Waals surface area contributed by atoms with Gasteiger partial charge in [-0.3, -0.25) is 0 Å². The number of hydrogen-bond acceptors (Lipinski definition) is 1. The van der Waals surface area contributed by atoms with E-state index in [1.165, 1.54) is 18.2 Å². The average Bonchev–Trinajstić information content (AvgIpc) is 2.40. The molecule has 0 heterocycles. The fourth-order valence-corrected chi connectivity index (χ4v) is 2.85. The van der Waals surface area contributed by atoms with Crippen LogP contribution in [-0.2, 0) is 0 Å². The molecular weight excluding hydrogens is 348 g/mol. The lowest BCUT2D eigenvalue weighted by Crippen LogP contribution is -2.19. The minimum absolute atomic E-state index is 0.309. The first-order valence-corrected chi connectivity index (χ1v) is 7.19. The van der Waals surface area contributed by atoms with E-state index in [1.807, 2.05) is 0 Å². The van der Waals surface area contributed by atoms with E-state index in [0.717, 1.165) is 4.47 Å². The topological polar surface area (TPSA) is 12.0 Å². The molecule has 106 valence electrons. The van der Waals surface area contributed by atoms with Crippen LogP contribution in [0.15, 0.2) is 34.8 Å². The highest BCUT2D eigenvalue weighted by Gasteiger charge is 2.19. The van der Waals surface area contributed by atoms with E-state index in [1.54, 1.807) is 26.1 Å². The molecule has 0 saturated heterocycles. The largest absolute Gasteiger partial charge is 0.309 e. The van der Waals surface area contributed by atoms with Gasteiger partial charge in [-0.25, -0.2) is 8.78 Å². The number of hydrogen-bond donors (Lipinski definition) is 1. The van der Waals surface area contributed by atoms with Gasteiger partial charge < -0.3 is 5.32 Å². The van der Waals surface area contributed by atoms with Gasteiger partial charge in [0.15, 0.2) is 0 Å². The van der Waals surface area contributed by atoms with E-state index < -0.39 is 0 Å². The van der Waals surface area contributed by atoms with Crippen LogP contribution in [0.3, 0.4) is 0 Å². The molecule has 2 aromatic rings. The van der Waals surface area contributed by atoms with Crippen molar-refractivity contribution < 1.29 is 8.78 Å². The monoisotopic (exact) mass is 359 g/mol. The Bertz CT molecular complexity index is 646. The molecule has 0 aliphatic heterocycles. The summed E-state index contributed by atoms with van der Waals surface area (Å²) in [6, 6.07) is 7.07. The first kappa shape index (κ1) is 15.4. The zero-order valence-corrected chi connectivity index (χ0v) is 13.3. The summed E-state index contributed by atoms with van der Waals surface area (Å²) < 4.78 is 27.7. The highest BCUT2D eigenvalue weighted by molar-refractivity contribution is 9.10. The second-order valence-electron chi connectivity index (χ2n) is 4.51. The van der Waals surface area contributed by atoms with Crippen LogP contribution in [0.2, 0.25) is 5.02 Å². The van der Waals surface area contributed by atoms with E-state index in [0.29, 0.717) is 21.7 Å². The number of halogens is 4. The maximum Gasteiger partial charge on any atom is 0.127 e. The molecule has 1 unspecified atom stereocenters. The molecule has 5 heteroatoms. The number of benzene rings is 2. The second-order valence-corrected chi connectivity index (χ2v) is 5.77. The molecule has 0 fully saturated rings. The van der Waals surface area contributed by atoms with Crippen molar-refractivity contribution in [3.05, 3.63) is 68.2 Å². The number of rotatable bonds is 3. The first-order chi connectivity index (χ1) is 9.43. The molecule has 0 aliphatic rings.